The largest absolute Gasteiger partial charge is 0.481 e. The molecule has 1 aromatic carbocycles. The van der Waals surface area contributed by atoms with Crippen molar-refractivity contribution in [3.05, 3.63) is 41.0 Å². The van der Waals surface area contributed by atoms with E-state index in [1.807, 2.05) is 0 Å². The van der Waals surface area contributed by atoms with Crippen LogP contribution >= 0.6 is 0 Å². The normalized spacial score (nSPS) is 14.9. The Labute approximate surface area is 103 Å². The van der Waals surface area contributed by atoms with Gasteiger partial charge in [0.05, 0.1) is 12.0 Å². The smallest absolute Gasteiger partial charge is 0.307 e. The van der Waals surface area contributed by atoms with Gasteiger partial charge in [-0.3, -0.25) is 19.7 Å². The van der Waals surface area contributed by atoms with Crippen molar-refractivity contribution >= 4 is 23.4 Å². The van der Waals surface area contributed by atoms with Gasteiger partial charge < -0.3 is 5.11 Å². The van der Waals surface area contributed by atoms with Crippen LogP contribution in [0.5, 0.6) is 0 Å². The summed E-state index contributed by atoms with van der Waals surface area (Å²) < 4.78 is 0. The number of carboxylic acids is 1. The molecule has 18 heavy (non-hydrogen) atoms. The molecule has 92 valence electrons. The standard InChI is InChI=1S/C13H11NO4/c1-7-11(13(18)14-12(7)17)9-4-2-3-8(5-9)6-10(15)16/h2-5H,6H2,1H3,(H,15,16)(H,14,17,18). The highest BCUT2D eigenvalue weighted by Crippen LogP contribution is 2.24. The highest BCUT2D eigenvalue weighted by atomic mass is 16.4. The third-order valence-corrected chi connectivity index (χ3v) is 2.74. The second-order valence-electron chi connectivity index (χ2n) is 4.05. The van der Waals surface area contributed by atoms with Crippen LogP contribution in [0.1, 0.15) is 18.1 Å². The minimum Gasteiger partial charge on any atom is -0.481 e. The number of carbonyl (C=O) groups excluding carboxylic acids is 2. The van der Waals surface area contributed by atoms with E-state index in [0.717, 1.165) is 0 Å². The molecule has 0 unspecified atom stereocenters. The van der Waals surface area contributed by atoms with Crippen molar-refractivity contribution in [1.82, 2.24) is 5.32 Å². The number of amides is 2. The van der Waals surface area contributed by atoms with Gasteiger partial charge in [-0.05, 0) is 18.1 Å². The van der Waals surface area contributed by atoms with Gasteiger partial charge in [0.25, 0.3) is 11.8 Å². The van der Waals surface area contributed by atoms with Crippen LogP contribution in [0.2, 0.25) is 0 Å². The van der Waals surface area contributed by atoms with E-state index in [1.54, 1.807) is 31.2 Å². The lowest BCUT2D eigenvalue weighted by Crippen LogP contribution is -2.22. The zero-order chi connectivity index (χ0) is 13.3. The van der Waals surface area contributed by atoms with Crippen molar-refractivity contribution < 1.29 is 19.5 Å². The molecular formula is C13H11NO4. The third kappa shape index (κ3) is 2.15. The minimum absolute atomic E-state index is 0.115. The van der Waals surface area contributed by atoms with Crippen molar-refractivity contribution in [3.8, 4) is 0 Å². The molecule has 2 rings (SSSR count). The quantitative estimate of drug-likeness (QED) is 0.769. The van der Waals surface area contributed by atoms with E-state index in [9.17, 15) is 14.4 Å². The Morgan fingerprint density at radius 2 is 2.00 bits per heavy atom. The maximum Gasteiger partial charge on any atom is 0.307 e. The molecule has 5 heteroatoms. The molecule has 1 aliphatic rings. The Hall–Kier alpha value is -2.43. The molecular weight excluding hydrogens is 234 g/mol. The lowest BCUT2D eigenvalue weighted by Gasteiger charge is -2.04. The summed E-state index contributed by atoms with van der Waals surface area (Å²) in [5.41, 5.74) is 1.82. The van der Waals surface area contributed by atoms with Crippen molar-refractivity contribution in [2.24, 2.45) is 0 Å². The van der Waals surface area contributed by atoms with Gasteiger partial charge in [-0.1, -0.05) is 24.3 Å². The number of carbonyl (C=O) groups is 3. The van der Waals surface area contributed by atoms with E-state index in [2.05, 4.69) is 5.32 Å². The molecule has 0 aromatic heterocycles. The molecule has 0 spiro atoms. The van der Waals surface area contributed by atoms with E-state index in [-0.39, 0.29) is 6.42 Å². The summed E-state index contributed by atoms with van der Waals surface area (Å²) in [6, 6.07) is 6.64. The van der Waals surface area contributed by atoms with Crippen LogP contribution in [-0.2, 0) is 20.8 Å². The van der Waals surface area contributed by atoms with Gasteiger partial charge in [-0.2, -0.15) is 0 Å². The fourth-order valence-corrected chi connectivity index (χ4v) is 1.90. The Bertz CT molecular complexity index is 586. The van der Waals surface area contributed by atoms with E-state index < -0.39 is 17.8 Å². The van der Waals surface area contributed by atoms with Crippen LogP contribution in [-0.4, -0.2) is 22.9 Å². The predicted octanol–water partition coefficient (Wildman–Crippen LogP) is 0.744. The maximum atomic E-state index is 11.6. The van der Waals surface area contributed by atoms with E-state index in [1.165, 1.54) is 0 Å². The molecule has 0 bridgehead atoms. The van der Waals surface area contributed by atoms with Crippen LogP contribution in [0.3, 0.4) is 0 Å². The average Bonchev–Trinajstić information content (AvgIpc) is 2.52. The van der Waals surface area contributed by atoms with Crippen LogP contribution in [0.4, 0.5) is 0 Å². The predicted molar refractivity (Wildman–Crippen MR) is 63.5 cm³/mol. The van der Waals surface area contributed by atoms with Crippen molar-refractivity contribution in [3.63, 3.8) is 0 Å². The summed E-state index contributed by atoms with van der Waals surface area (Å²) >= 11 is 0. The molecule has 2 amide bonds. The highest BCUT2D eigenvalue weighted by Gasteiger charge is 2.27. The molecule has 1 aromatic rings. The van der Waals surface area contributed by atoms with Gasteiger partial charge in [-0.25, -0.2) is 0 Å². The first kappa shape index (κ1) is 12.0. The molecule has 1 heterocycles. The van der Waals surface area contributed by atoms with Gasteiger partial charge in [-0.15, -0.1) is 0 Å². The Morgan fingerprint density at radius 1 is 1.28 bits per heavy atom. The molecule has 0 atom stereocenters. The van der Waals surface area contributed by atoms with Crippen LogP contribution < -0.4 is 5.32 Å². The van der Waals surface area contributed by atoms with E-state index in [4.69, 9.17) is 5.11 Å². The Balaban J connectivity index is 2.43. The number of aliphatic carboxylic acids is 1. The lowest BCUT2D eigenvalue weighted by atomic mass is 9.99. The Morgan fingerprint density at radius 3 is 2.56 bits per heavy atom. The fraction of sp³-hybridized carbons (Fsp3) is 0.154. The number of imide groups is 1. The number of nitrogens with one attached hydrogen (secondary N) is 1. The fourth-order valence-electron chi connectivity index (χ4n) is 1.90. The number of hydrogen-bond acceptors (Lipinski definition) is 3. The second kappa shape index (κ2) is 4.44. The molecule has 0 fully saturated rings. The summed E-state index contributed by atoms with van der Waals surface area (Å²) in [4.78, 5) is 33.6. The van der Waals surface area contributed by atoms with Crippen molar-refractivity contribution in [2.45, 2.75) is 13.3 Å². The summed E-state index contributed by atoms with van der Waals surface area (Å²) in [5.74, 6) is -1.78. The van der Waals surface area contributed by atoms with E-state index >= 15 is 0 Å². The third-order valence-electron chi connectivity index (χ3n) is 2.74. The molecule has 5 nitrogen and oxygen atoms in total. The first-order chi connectivity index (χ1) is 8.49. The van der Waals surface area contributed by atoms with Crippen LogP contribution in [0.25, 0.3) is 5.57 Å². The van der Waals surface area contributed by atoms with Crippen LogP contribution in [0, 0.1) is 0 Å². The monoisotopic (exact) mass is 245 g/mol. The van der Waals surface area contributed by atoms with Gasteiger partial charge >= 0.3 is 5.97 Å². The van der Waals surface area contributed by atoms with Crippen LogP contribution in [0.15, 0.2) is 29.8 Å². The van der Waals surface area contributed by atoms with Gasteiger partial charge in [0.15, 0.2) is 0 Å². The van der Waals surface area contributed by atoms with Gasteiger partial charge in [0.2, 0.25) is 0 Å². The van der Waals surface area contributed by atoms with Gasteiger partial charge in [0.1, 0.15) is 0 Å². The molecule has 2 N–H and O–H groups in total. The SMILES string of the molecule is CC1=C(c2cccc(CC(=O)O)c2)C(=O)NC1=O. The first-order valence-electron chi connectivity index (χ1n) is 5.36. The number of rotatable bonds is 3. The zero-order valence-electron chi connectivity index (χ0n) is 9.69. The first-order valence-corrected chi connectivity index (χ1v) is 5.36. The Kier molecular flexibility index (Phi) is 2.97. The number of hydrogen-bond donors (Lipinski definition) is 2. The molecule has 1 aliphatic heterocycles. The number of benzene rings is 1. The summed E-state index contributed by atoms with van der Waals surface area (Å²) in [5, 5.41) is 10.9. The molecule has 0 saturated heterocycles. The average molecular weight is 245 g/mol. The lowest BCUT2D eigenvalue weighted by molar-refractivity contribution is -0.136. The highest BCUT2D eigenvalue weighted by molar-refractivity contribution is 6.35. The van der Waals surface area contributed by atoms with E-state index in [0.29, 0.717) is 22.3 Å². The minimum atomic E-state index is -0.940. The van der Waals surface area contributed by atoms with Gasteiger partial charge in [0, 0.05) is 5.57 Å². The summed E-state index contributed by atoms with van der Waals surface area (Å²) in [6.45, 7) is 1.57. The van der Waals surface area contributed by atoms with Crippen molar-refractivity contribution in [2.75, 3.05) is 0 Å². The van der Waals surface area contributed by atoms with Crippen molar-refractivity contribution in [1.29, 1.82) is 0 Å². The summed E-state index contributed by atoms with van der Waals surface area (Å²) in [6.07, 6.45) is -0.115. The zero-order valence-corrected chi connectivity index (χ0v) is 9.69. The summed E-state index contributed by atoms with van der Waals surface area (Å²) in [7, 11) is 0. The molecule has 0 aliphatic carbocycles. The topological polar surface area (TPSA) is 83.5 Å². The molecule has 0 radical (unpaired) electrons. The second-order valence-corrected chi connectivity index (χ2v) is 4.05. The molecule has 0 saturated carbocycles. The number of carboxylic acid groups (broad SMARTS) is 1. The maximum absolute atomic E-state index is 11.6.